The van der Waals surface area contributed by atoms with Gasteiger partial charge in [0.2, 0.25) is 0 Å². The van der Waals surface area contributed by atoms with Crippen molar-refractivity contribution in [3.05, 3.63) is 23.2 Å². The molecule has 1 aliphatic rings. The molecule has 102 valence electrons. The normalized spacial score (nSPS) is 19.9. The number of rotatable bonds is 6. The van der Waals surface area contributed by atoms with Crippen molar-refractivity contribution < 1.29 is 9.15 Å². The number of furan rings is 1. The highest BCUT2D eigenvalue weighted by Crippen LogP contribution is 2.18. The van der Waals surface area contributed by atoms with Crippen molar-refractivity contribution in [1.29, 1.82) is 0 Å². The lowest BCUT2D eigenvalue weighted by molar-refractivity contribution is 0.0723. The highest BCUT2D eigenvalue weighted by atomic mass is 16.5. The van der Waals surface area contributed by atoms with Crippen molar-refractivity contribution in [3.8, 4) is 0 Å². The predicted molar refractivity (Wildman–Crippen MR) is 71.3 cm³/mol. The maximum absolute atomic E-state index is 5.69. The third-order valence-electron chi connectivity index (χ3n) is 3.60. The van der Waals surface area contributed by atoms with Crippen LogP contribution in [0.1, 0.15) is 36.8 Å². The van der Waals surface area contributed by atoms with Crippen molar-refractivity contribution in [2.24, 2.45) is 5.73 Å². The Kier molecular flexibility index (Phi) is 4.80. The molecule has 0 radical (unpaired) electrons. The summed E-state index contributed by atoms with van der Waals surface area (Å²) in [6, 6.07) is 2.08. The monoisotopic (exact) mass is 252 g/mol. The summed E-state index contributed by atoms with van der Waals surface area (Å²) in [5.41, 5.74) is 6.85. The van der Waals surface area contributed by atoms with Gasteiger partial charge in [0.1, 0.15) is 11.5 Å². The fourth-order valence-corrected chi connectivity index (χ4v) is 2.47. The van der Waals surface area contributed by atoms with E-state index in [-0.39, 0.29) is 0 Å². The Morgan fingerprint density at radius 1 is 1.50 bits per heavy atom. The van der Waals surface area contributed by atoms with Gasteiger partial charge in [0, 0.05) is 25.3 Å². The van der Waals surface area contributed by atoms with Gasteiger partial charge in [0.05, 0.1) is 12.6 Å². The SMILES string of the molecule is CCN(Cc1cc(CN)oc1C)CC1CCCO1. The number of hydrogen-bond donors (Lipinski definition) is 1. The Bertz CT molecular complexity index is 370. The van der Waals surface area contributed by atoms with Crippen LogP contribution in [0.3, 0.4) is 0 Å². The summed E-state index contributed by atoms with van der Waals surface area (Å²) in [4.78, 5) is 2.41. The van der Waals surface area contributed by atoms with E-state index in [1.54, 1.807) is 0 Å². The van der Waals surface area contributed by atoms with E-state index in [0.29, 0.717) is 12.6 Å². The van der Waals surface area contributed by atoms with Crippen LogP contribution in [0.5, 0.6) is 0 Å². The van der Waals surface area contributed by atoms with E-state index < -0.39 is 0 Å². The summed E-state index contributed by atoms with van der Waals surface area (Å²) in [7, 11) is 0. The van der Waals surface area contributed by atoms with E-state index in [4.69, 9.17) is 14.9 Å². The molecule has 0 aliphatic carbocycles. The van der Waals surface area contributed by atoms with Crippen LogP contribution in [-0.2, 0) is 17.8 Å². The van der Waals surface area contributed by atoms with Crippen LogP contribution in [0.25, 0.3) is 0 Å². The van der Waals surface area contributed by atoms with Gasteiger partial charge in [-0.15, -0.1) is 0 Å². The molecule has 1 saturated heterocycles. The van der Waals surface area contributed by atoms with Crippen molar-refractivity contribution in [2.75, 3.05) is 19.7 Å². The zero-order chi connectivity index (χ0) is 13.0. The molecule has 0 bridgehead atoms. The molecule has 1 fully saturated rings. The highest BCUT2D eigenvalue weighted by molar-refractivity contribution is 5.20. The second-order valence-electron chi connectivity index (χ2n) is 4.96. The lowest BCUT2D eigenvalue weighted by Crippen LogP contribution is -2.31. The minimum Gasteiger partial charge on any atom is -0.465 e. The fourth-order valence-electron chi connectivity index (χ4n) is 2.47. The third-order valence-corrected chi connectivity index (χ3v) is 3.60. The van der Waals surface area contributed by atoms with Gasteiger partial charge in [-0.2, -0.15) is 0 Å². The van der Waals surface area contributed by atoms with Gasteiger partial charge in [-0.25, -0.2) is 0 Å². The first-order chi connectivity index (χ1) is 8.72. The number of nitrogens with two attached hydrogens (primary N) is 1. The van der Waals surface area contributed by atoms with Crippen LogP contribution in [0.4, 0.5) is 0 Å². The van der Waals surface area contributed by atoms with Crippen LogP contribution in [0.15, 0.2) is 10.5 Å². The molecule has 0 spiro atoms. The van der Waals surface area contributed by atoms with E-state index in [0.717, 1.165) is 37.8 Å². The number of nitrogens with zero attached hydrogens (tertiary/aromatic N) is 1. The van der Waals surface area contributed by atoms with Gasteiger partial charge in [-0.3, -0.25) is 4.90 Å². The molecule has 1 aromatic heterocycles. The van der Waals surface area contributed by atoms with Gasteiger partial charge >= 0.3 is 0 Å². The molecule has 0 saturated carbocycles. The summed E-state index contributed by atoms with van der Waals surface area (Å²) in [6.07, 6.45) is 2.80. The van der Waals surface area contributed by atoms with Crippen molar-refractivity contribution in [1.82, 2.24) is 4.90 Å². The molecule has 4 nitrogen and oxygen atoms in total. The predicted octanol–water partition coefficient (Wildman–Crippen LogP) is 2.05. The Balaban J connectivity index is 1.93. The lowest BCUT2D eigenvalue weighted by Gasteiger charge is -2.23. The standard InChI is InChI=1S/C14H24N2O2/c1-3-16(10-13-5-4-6-17-13)9-12-7-14(8-15)18-11(12)2/h7,13H,3-6,8-10,15H2,1-2H3. The van der Waals surface area contributed by atoms with Gasteiger partial charge < -0.3 is 14.9 Å². The average Bonchev–Trinajstić information content (AvgIpc) is 2.99. The smallest absolute Gasteiger partial charge is 0.118 e. The molecule has 1 aliphatic heterocycles. The van der Waals surface area contributed by atoms with Crippen LogP contribution in [0, 0.1) is 6.92 Å². The number of aryl methyl sites for hydroxylation is 1. The van der Waals surface area contributed by atoms with Gasteiger partial charge in [0.15, 0.2) is 0 Å². The first kappa shape index (κ1) is 13.6. The van der Waals surface area contributed by atoms with Crippen LogP contribution in [-0.4, -0.2) is 30.7 Å². The molecule has 2 rings (SSSR count). The molecular formula is C14H24N2O2. The summed E-state index contributed by atoms with van der Waals surface area (Å²) < 4.78 is 11.3. The topological polar surface area (TPSA) is 51.6 Å². The maximum atomic E-state index is 5.69. The molecule has 1 unspecified atom stereocenters. The molecule has 0 aromatic carbocycles. The Morgan fingerprint density at radius 3 is 2.89 bits per heavy atom. The minimum absolute atomic E-state index is 0.408. The van der Waals surface area contributed by atoms with Crippen LogP contribution >= 0.6 is 0 Å². The largest absolute Gasteiger partial charge is 0.465 e. The van der Waals surface area contributed by atoms with Gasteiger partial charge in [-0.1, -0.05) is 6.92 Å². The van der Waals surface area contributed by atoms with Crippen molar-refractivity contribution in [3.63, 3.8) is 0 Å². The summed E-state index contributed by atoms with van der Waals surface area (Å²) in [5.74, 6) is 1.86. The molecule has 1 atom stereocenters. The van der Waals surface area contributed by atoms with Gasteiger partial charge in [-0.05, 0) is 32.4 Å². The van der Waals surface area contributed by atoms with E-state index in [9.17, 15) is 0 Å². The Morgan fingerprint density at radius 2 is 2.33 bits per heavy atom. The number of ether oxygens (including phenoxy) is 1. The summed E-state index contributed by atoms with van der Waals surface area (Å²) >= 11 is 0. The Labute approximate surface area is 109 Å². The molecule has 18 heavy (non-hydrogen) atoms. The van der Waals surface area contributed by atoms with Crippen LogP contribution in [0.2, 0.25) is 0 Å². The van der Waals surface area contributed by atoms with E-state index in [1.807, 2.05) is 6.92 Å². The number of likely N-dealkylation sites (N-methyl/N-ethyl adjacent to an activating group) is 1. The minimum atomic E-state index is 0.408. The van der Waals surface area contributed by atoms with Crippen LogP contribution < -0.4 is 5.73 Å². The lowest BCUT2D eigenvalue weighted by atomic mass is 10.2. The first-order valence-corrected chi connectivity index (χ1v) is 6.85. The molecule has 2 heterocycles. The van der Waals surface area contributed by atoms with Crippen molar-refractivity contribution >= 4 is 0 Å². The third kappa shape index (κ3) is 3.34. The summed E-state index contributed by atoms with van der Waals surface area (Å²) in [5, 5.41) is 0. The second kappa shape index (κ2) is 6.36. The first-order valence-electron chi connectivity index (χ1n) is 6.85. The summed E-state index contributed by atoms with van der Waals surface area (Å²) in [6.45, 7) is 8.55. The zero-order valence-corrected chi connectivity index (χ0v) is 11.4. The van der Waals surface area contributed by atoms with Gasteiger partial charge in [0.25, 0.3) is 0 Å². The average molecular weight is 252 g/mol. The Hall–Kier alpha value is -0.840. The fraction of sp³-hybridized carbons (Fsp3) is 0.714. The molecule has 0 amide bonds. The quantitative estimate of drug-likeness (QED) is 0.842. The van der Waals surface area contributed by atoms with Crippen molar-refractivity contribution in [2.45, 2.75) is 45.9 Å². The molecule has 4 heteroatoms. The second-order valence-corrected chi connectivity index (χ2v) is 4.96. The molecule has 2 N–H and O–H groups in total. The number of hydrogen-bond acceptors (Lipinski definition) is 4. The van der Waals surface area contributed by atoms with E-state index in [1.165, 1.54) is 18.4 Å². The highest BCUT2D eigenvalue weighted by Gasteiger charge is 2.19. The maximum Gasteiger partial charge on any atom is 0.118 e. The van der Waals surface area contributed by atoms with E-state index in [2.05, 4.69) is 17.9 Å². The van der Waals surface area contributed by atoms with E-state index >= 15 is 0 Å². The molecule has 1 aromatic rings. The molecular weight excluding hydrogens is 228 g/mol. The zero-order valence-electron chi connectivity index (χ0n) is 11.4.